The van der Waals surface area contributed by atoms with Crippen molar-refractivity contribution in [3.8, 4) is 0 Å². The van der Waals surface area contributed by atoms with Crippen LogP contribution in [0.25, 0.3) is 11.1 Å². The van der Waals surface area contributed by atoms with E-state index < -0.39 is 15.8 Å². The molecule has 1 saturated heterocycles. The molecule has 1 fully saturated rings. The van der Waals surface area contributed by atoms with Gasteiger partial charge in [-0.2, -0.15) is 4.31 Å². The number of sulfonamides is 1. The van der Waals surface area contributed by atoms with E-state index in [1.54, 1.807) is 13.1 Å². The van der Waals surface area contributed by atoms with Crippen molar-refractivity contribution >= 4 is 27.0 Å². The number of nitrogens with one attached hydrogen (secondary N) is 1. The minimum absolute atomic E-state index is 0.0700. The predicted molar refractivity (Wildman–Crippen MR) is 119 cm³/mol. The molecule has 3 rings (SSSR count). The average Bonchev–Trinajstić information content (AvgIpc) is 3.06. The quantitative estimate of drug-likeness (QED) is 0.632. The van der Waals surface area contributed by atoms with Crippen molar-refractivity contribution in [2.24, 2.45) is 18.9 Å². The average molecular weight is 452 g/mol. The lowest BCUT2D eigenvalue weighted by Crippen LogP contribution is -2.46. The lowest BCUT2D eigenvalue weighted by atomic mass is 9.96. The third-order valence-corrected chi connectivity index (χ3v) is 8.13. The highest BCUT2D eigenvalue weighted by atomic mass is 32.2. The van der Waals surface area contributed by atoms with Crippen LogP contribution in [0.1, 0.15) is 52.4 Å². The number of carbonyl (C=O) groups is 1. The Morgan fingerprint density at radius 2 is 2.10 bits per heavy atom. The summed E-state index contributed by atoms with van der Waals surface area (Å²) in [5.74, 6) is -0.506. The summed E-state index contributed by atoms with van der Waals surface area (Å²) < 4.78 is 34.2. The summed E-state index contributed by atoms with van der Waals surface area (Å²) in [6.45, 7) is 5.47. The zero-order valence-electron chi connectivity index (χ0n) is 18.6. The number of carbonyl (C=O) groups excluding carboxylic acids is 1. The Kier molecular flexibility index (Phi) is 7.59. The fraction of sp³-hybridized carbons (Fsp3) is 0.636. The van der Waals surface area contributed by atoms with Crippen LogP contribution >= 0.6 is 0 Å². The molecule has 1 N–H and O–H groups in total. The zero-order valence-corrected chi connectivity index (χ0v) is 19.4. The molecule has 0 radical (unpaired) electrons. The number of oxazole rings is 1. The fourth-order valence-corrected chi connectivity index (χ4v) is 5.67. The van der Waals surface area contributed by atoms with Gasteiger partial charge in [0.15, 0.2) is 5.58 Å². The lowest BCUT2D eigenvalue weighted by molar-refractivity contribution is -0.126. The second-order valence-corrected chi connectivity index (χ2v) is 10.4. The molecular formula is C22H33N3O5S. The third kappa shape index (κ3) is 5.20. The summed E-state index contributed by atoms with van der Waals surface area (Å²) in [5, 5.41) is 3.04. The molecule has 1 aliphatic rings. The minimum atomic E-state index is -3.79. The van der Waals surface area contributed by atoms with Gasteiger partial charge in [-0.1, -0.05) is 33.1 Å². The van der Waals surface area contributed by atoms with Crippen LogP contribution in [-0.2, 0) is 21.9 Å². The van der Waals surface area contributed by atoms with Crippen LogP contribution in [-0.4, -0.2) is 42.8 Å². The maximum Gasteiger partial charge on any atom is 0.419 e. The largest absolute Gasteiger partial charge is 0.419 e. The van der Waals surface area contributed by atoms with Gasteiger partial charge < -0.3 is 9.73 Å². The van der Waals surface area contributed by atoms with Crippen LogP contribution in [0.15, 0.2) is 32.3 Å². The summed E-state index contributed by atoms with van der Waals surface area (Å²) >= 11 is 0. The highest BCUT2D eigenvalue weighted by molar-refractivity contribution is 7.89. The monoisotopic (exact) mass is 451 g/mol. The van der Waals surface area contributed by atoms with Gasteiger partial charge in [-0.15, -0.1) is 0 Å². The van der Waals surface area contributed by atoms with Gasteiger partial charge in [-0.25, -0.2) is 13.2 Å². The molecule has 1 aromatic carbocycles. The van der Waals surface area contributed by atoms with E-state index in [0.717, 1.165) is 25.7 Å². The Bertz CT molecular complexity index is 1070. The number of hydrogen-bond acceptors (Lipinski definition) is 5. The first-order chi connectivity index (χ1) is 14.8. The molecule has 0 saturated carbocycles. The summed E-state index contributed by atoms with van der Waals surface area (Å²) in [6.07, 6.45) is 5.71. The third-order valence-electron chi connectivity index (χ3n) is 6.26. The van der Waals surface area contributed by atoms with Gasteiger partial charge in [0.2, 0.25) is 15.9 Å². The van der Waals surface area contributed by atoms with Crippen molar-refractivity contribution in [3.63, 3.8) is 0 Å². The van der Waals surface area contributed by atoms with E-state index in [-0.39, 0.29) is 28.8 Å². The topological polar surface area (TPSA) is 102 Å². The molecule has 1 aliphatic heterocycles. The van der Waals surface area contributed by atoms with Crippen LogP contribution in [0, 0.1) is 11.8 Å². The van der Waals surface area contributed by atoms with Gasteiger partial charge in [-0.3, -0.25) is 9.36 Å². The maximum absolute atomic E-state index is 13.2. The highest BCUT2D eigenvalue weighted by Gasteiger charge is 2.33. The van der Waals surface area contributed by atoms with Crippen LogP contribution in [0.3, 0.4) is 0 Å². The van der Waals surface area contributed by atoms with Crippen molar-refractivity contribution in [2.75, 3.05) is 19.6 Å². The number of nitrogens with zero attached hydrogens (tertiary/aromatic N) is 2. The van der Waals surface area contributed by atoms with E-state index in [9.17, 15) is 18.0 Å². The fourth-order valence-electron chi connectivity index (χ4n) is 4.13. The molecule has 9 heteroatoms. The summed E-state index contributed by atoms with van der Waals surface area (Å²) in [7, 11) is -2.22. The molecular weight excluding hydrogens is 418 g/mol. The molecule has 2 atom stereocenters. The highest BCUT2D eigenvalue weighted by Crippen LogP contribution is 2.26. The molecule has 31 heavy (non-hydrogen) atoms. The lowest BCUT2D eigenvalue weighted by Gasteiger charge is -2.31. The van der Waals surface area contributed by atoms with Crippen LogP contribution < -0.4 is 11.1 Å². The zero-order chi connectivity index (χ0) is 22.6. The van der Waals surface area contributed by atoms with Crippen LogP contribution in [0.2, 0.25) is 0 Å². The maximum atomic E-state index is 13.2. The Balaban J connectivity index is 1.69. The van der Waals surface area contributed by atoms with E-state index in [0.29, 0.717) is 37.4 Å². The smallest absolute Gasteiger partial charge is 0.408 e. The van der Waals surface area contributed by atoms with Crippen LogP contribution in [0.5, 0.6) is 0 Å². The number of aromatic nitrogens is 1. The van der Waals surface area contributed by atoms with Gasteiger partial charge >= 0.3 is 5.76 Å². The summed E-state index contributed by atoms with van der Waals surface area (Å²) in [6, 6.07) is 4.44. The number of fused-ring (bicyclic) bond motifs is 1. The van der Waals surface area contributed by atoms with E-state index in [4.69, 9.17) is 4.42 Å². The number of unbranched alkanes of at least 4 members (excludes halogenated alkanes) is 1. The molecule has 1 aromatic heterocycles. The molecule has 2 heterocycles. The van der Waals surface area contributed by atoms with Gasteiger partial charge in [0, 0.05) is 32.7 Å². The van der Waals surface area contributed by atoms with Crippen molar-refractivity contribution in [3.05, 3.63) is 28.7 Å². The molecule has 0 aliphatic carbocycles. The summed E-state index contributed by atoms with van der Waals surface area (Å²) in [5.41, 5.74) is 0.769. The summed E-state index contributed by atoms with van der Waals surface area (Å²) in [4.78, 5) is 24.5. The van der Waals surface area contributed by atoms with E-state index in [2.05, 4.69) is 19.2 Å². The van der Waals surface area contributed by atoms with E-state index in [1.807, 2.05) is 0 Å². The van der Waals surface area contributed by atoms with Crippen molar-refractivity contribution in [1.82, 2.24) is 14.2 Å². The van der Waals surface area contributed by atoms with Gasteiger partial charge in [0.1, 0.15) is 0 Å². The first-order valence-electron chi connectivity index (χ1n) is 11.1. The molecule has 8 nitrogen and oxygen atoms in total. The number of piperidine rings is 1. The Morgan fingerprint density at radius 3 is 2.81 bits per heavy atom. The SMILES string of the molecule is CCCC[C@H](CC)CNC(=O)[C@H]1CCCN(S(=O)(=O)c2ccc3c(c2)oc(=O)n3C)C1. The number of aryl methyl sites for hydroxylation is 1. The first kappa shape index (κ1) is 23.5. The minimum Gasteiger partial charge on any atom is -0.408 e. The molecule has 2 aromatic rings. The van der Waals surface area contributed by atoms with E-state index in [1.165, 1.54) is 21.0 Å². The number of rotatable bonds is 9. The van der Waals surface area contributed by atoms with Crippen molar-refractivity contribution in [2.45, 2.75) is 57.3 Å². The number of hydrogen-bond donors (Lipinski definition) is 1. The number of amides is 1. The molecule has 172 valence electrons. The first-order valence-corrected chi connectivity index (χ1v) is 12.6. The predicted octanol–water partition coefficient (Wildman–Crippen LogP) is 2.86. The second-order valence-electron chi connectivity index (χ2n) is 8.42. The van der Waals surface area contributed by atoms with E-state index >= 15 is 0 Å². The standard InChI is InChI=1S/C22H33N3O5S/c1-4-6-8-16(5-2)14-23-21(26)17-9-7-12-25(15-17)31(28,29)18-10-11-19-20(13-18)30-22(27)24(19)3/h10-11,13,16-17H,4-9,12,14-15H2,1-3H3,(H,23,26)/t16-,17-/m0/s1. The molecule has 0 spiro atoms. The Hall–Kier alpha value is -2.13. The Labute approximate surface area is 183 Å². The van der Waals surface area contributed by atoms with Gasteiger partial charge in [0.05, 0.1) is 16.3 Å². The van der Waals surface area contributed by atoms with Crippen molar-refractivity contribution < 1.29 is 17.6 Å². The second kappa shape index (κ2) is 9.99. The van der Waals surface area contributed by atoms with Crippen LogP contribution in [0.4, 0.5) is 0 Å². The molecule has 0 unspecified atom stereocenters. The normalized spacial score (nSPS) is 18.9. The Morgan fingerprint density at radius 1 is 1.32 bits per heavy atom. The molecule has 0 bridgehead atoms. The molecule has 1 amide bonds. The van der Waals surface area contributed by atoms with Crippen molar-refractivity contribution in [1.29, 1.82) is 0 Å². The van der Waals surface area contributed by atoms with Gasteiger partial charge in [0.25, 0.3) is 0 Å². The number of benzene rings is 1. The van der Waals surface area contributed by atoms with Gasteiger partial charge in [-0.05, 0) is 37.3 Å².